The number of nitrogens with two attached hydrogens (primary N) is 1. The molecule has 3 N–H and O–H groups in total. The fraction of sp³-hybridized carbons (Fsp3) is 1.00. The molecular weight excluding hydrogens is 164 g/mol. The predicted molar refractivity (Wildman–Crippen MR) is 53.4 cm³/mol. The molecule has 4 nitrogen and oxygen atoms in total. The molecule has 0 atom stereocenters. The zero-order valence-corrected chi connectivity index (χ0v) is 8.96. The highest BCUT2D eigenvalue weighted by Gasteiger charge is 2.37. The van der Waals surface area contributed by atoms with E-state index in [-0.39, 0.29) is 17.1 Å². The van der Waals surface area contributed by atoms with E-state index in [9.17, 15) is 0 Å². The minimum atomic E-state index is 0.126. The third-order valence-electron chi connectivity index (χ3n) is 2.40. The van der Waals surface area contributed by atoms with Crippen LogP contribution in [0.25, 0.3) is 0 Å². The van der Waals surface area contributed by atoms with Crippen LogP contribution in [0.5, 0.6) is 0 Å². The zero-order chi connectivity index (χ0) is 10.1. The van der Waals surface area contributed by atoms with E-state index in [1.54, 1.807) is 0 Å². The molecule has 0 aromatic carbocycles. The van der Waals surface area contributed by atoms with Crippen molar-refractivity contribution in [1.29, 1.82) is 0 Å². The number of hydrogen-bond acceptors (Lipinski definition) is 3. The van der Waals surface area contributed by atoms with Crippen molar-refractivity contribution in [3.05, 3.63) is 0 Å². The first-order chi connectivity index (χ1) is 5.85. The molecule has 1 saturated heterocycles. The molecule has 1 aliphatic heterocycles. The number of piperidine rings is 1. The molecule has 1 rings (SSSR count). The predicted octanol–water partition coefficient (Wildman–Crippen LogP) is 1.62. The quantitative estimate of drug-likeness (QED) is 0.369. The van der Waals surface area contributed by atoms with Crippen LogP contribution in [0.3, 0.4) is 0 Å². The SMILES string of the molecule is CC1(C)CC(N=NN)CC(C)(C)N1. The molecular formula is C9H20N4. The van der Waals surface area contributed by atoms with Gasteiger partial charge in [0.15, 0.2) is 0 Å². The van der Waals surface area contributed by atoms with Gasteiger partial charge in [0.2, 0.25) is 0 Å². The van der Waals surface area contributed by atoms with E-state index in [4.69, 9.17) is 5.84 Å². The Morgan fingerprint density at radius 2 is 1.62 bits per heavy atom. The Morgan fingerprint density at radius 3 is 2.00 bits per heavy atom. The highest BCUT2D eigenvalue weighted by Crippen LogP contribution is 2.30. The fourth-order valence-electron chi connectivity index (χ4n) is 2.44. The maximum Gasteiger partial charge on any atom is 0.0764 e. The third kappa shape index (κ3) is 2.95. The Hall–Kier alpha value is -0.640. The summed E-state index contributed by atoms with van der Waals surface area (Å²) in [5.74, 6) is 5.07. The summed E-state index contributed by atoms with van der Waals surface area (Å²) in [7, 11) is 0. The van der Waals surface area contributed by atoms with Gasteiger partial charge in [-0.25, -0.2) is 0 Å². The smallest absolute Gasteiger partial charge is 0.0764 e. The molecule has 0 bridgehead atoms. The lowest BCUT2D eigenvalue weighted by atomic mass is 9.80. The molecule has 1 aliphatic rings. The van der Waals surface area contributed by atoms with Crippen LogP contribution in [0.15, 0.2) is 10.3 Å². The summed E-state index contributed by atoms with van der Waals surface area (Å²) >= 11 is 0. The van der Waals surface area contributed by atoms with Crippen LogP contribution in [-0.2, 0) is 0 Å². The molecule has 13 heavy (non-hydrogen) atoms. The normalized spacial score (nSPS) is 28.0. The Labute approximate surface area is 80.0 Å². The van der Waals surface area contributed by atoms with Crippen LogP contribution in [0.1, 0.15) is 40.5 Å². The average molecular weight is 184 g/mol. The Balaban J connectivity index is 2.72. The van der Waals surface area contributed by atoms with E-state index in [0.29, 0.717) is 0 Å². The van der Waals surface area contributed by atoms with Gasteiger partial charge in [-0.05, 0) is 40.5 Å². The van der Waals surface area contributed by atoms with Crippen molar-refractivity contribution >= 4 is 0 Å². The van der Waals surface area contributed by atoms with Gasteiger partial charge in [0, 0.05) is 11.1 Å². The van der Waals surface area contributed by atoms with E-state index < -0.39 is 0 Å². The molecule has 1 heterocycles. The zero-order valence-electron chi connectivity index (χ0n) is 8.96. The molecule has 0 aromatic rings. The van der Waals surface area contributed by atoms with Gasteiger partial charge < -0.3 is 11.2 Å². The van der Waals surface area contributed by atoms with E-state index in [0.717, 1.165) is 12.8 Å². The average Bonchev–Trinajstić information content (AvgIpc) is 1.78. The molecule has 76 valence electrons. The summed E-state index contributed by atoms with van der Waals surface area (Å²) in [6.45, 7) is 8.75. The fourth-order valence-corrected chi connectivity index (χ4v) is 2.44. The largest absolute Gasteiger partial charge is 0.307 e. The van der Waals surface area contributed by atoms with E-state index >= 15 is 0 Å². The molecule has 0 spiro atoms. The van der Waals surface area contributed by atoms with E-state index in [1.165, 1.54) is 0 Å². The topological polar surface area (TPSA) is 62.8 Å². The molecule has 0 saturated carbocycles. The van der Waals surface area contributed by atoms with Gasteiger partial charge in [0.05, 0.1) is 6.04 Å². The number of nitrogens with one attached hydrogen (secondary N) is 1. The maximum absolute atomic E-state index is 5.07. The van der Waals surface area contributed by atoms with Crippen molar-refractivity contribution < 1.29 is 0 Å². The lowest BCUT2D eigenvalue weighted by Crippen LogP contribution is -2.58. The van der Waals surface area contributed by atoms with Gasteiger partial charge in [-0.3, -0.25) is 0 Å². The van der Waals surface area contributed by atoms with Crippen LogP contribution >= 0.6 is 0 Å². The van der Waals surface area contributed by atoms with Gasteiger partial charge in [0.1, 0.15) is 0 Å². The lowest BCUT2D eigenvalue weighted by Gasteiger charge is -2.44. The first-order valence-corrected chi connectivity index (χ1v) is 4.74. The van der Waals surface area contributed by atoms with Crippen molar-refractivity contribution in [2.75, 3.05) is 0 Å². The maximum atomic E-state index is 5.07. The highest BCUT2D eigenvalue weighted by molar-refractivity contribution is 4.99. The molecule has 0 unspecified atom stereocenters. The molecule has 4 heteroatoms. The Morgan fingerprint density at radius 1 is 1.15 bits per heavy atom. The molecule has 0 aromatic heterocycles. The first kappa shape index (κ1) is 10.4. The third-order valence-corrected chi connectivity index (χ3v) is 2.40. The van der Waals surface area contributed by atoms with Gasteiger partial charge in [-0.15, -0.1) is 0 Å². The summed E-state index contributed by atoms with van der Waals surface area (Å²) in [4.78, 5) is 0. The summed E-state index contributed by atoms with van der Waals surface area (Å²) < 4.78 is 0. The van der Waals surface area contributed by atoms with Crippen LogP contribution in [0.4, 0.5) is 0 Å². The second kappa shape index (κ2) is 3.25. The van der Waals surface area contributed by atoms with Crippen LogP contribution in [-0.4, -0.2) is 17.1 Å². The Kier molecular flexibility index (Phi) is 2.61. The number of hydrogen-bond donors (Lipinski definition) is 2. The minimum Gasteiger partial charge on any atom is -0.307 e. The van der Waals surface area contributed by atoms with Crippen molar-refractivity contribution in [2.45, 2.75) is 57.7 Å². The van der Waals surface area contributed by atoms with Crippen molar-refractivity contribution in [3.63, 3.8) is 0 Å². The summed E-state index contributed by atoms with van der Waals surface area (Å²) in [6, 6.07) is 0.260. The summed E-state index contributed by atoms with van der Waals surface area (Å²) in [6.07, 6.45) is 1.99. The number of nitrogens with zero attached hydrogens (tertiary/aromatic N) is 2. The molecule has 0 radical (unpaired) electrons. The molecule has 1 fully saturated rings. The van der Waals surface area contributed by atoms with Gasteiger partial charge >= 0.3 is 0 Å². The Bertz CT molecular complexity index is 192. The second-order valence-electron chi connectivity index (χ2n) is 5.19. The minimum absolute atomic E-state index is 0.126. The molecule has 0 aliphatic carbocycles. The van der Waals surface area contributed by atoms with E-state index in [1.807, 2.05) is 0 Å². The summed E-state index contributed by atoms with van der Waals surface area (Å²) in [5, 5.41) is 11.0. The van der Waals surface area contributed by atoms with Crippen LogP contribution < -0.4 is 11.2 Å². The summed E-state index contributed by atoms with van der Waals surface area (Å²) in [5.41, 5.74) is 0.251. The van der Waals surface area contributed by atoms with Gasteiger partial charge in [-0.2, -0.15) is 5.11 Å². The standard InChI is InChI=1S/C9H20N4/c1-8(2)5-7(11-13-10)6-9(3,4)12-8/h7,12H,5-6H2,1-4H3,(H2,10,11). The number of rotatable bonds is 1. The van der Waals surface area contributed by atoms with Crippen molar-refractivity contribution in [1.82, 2.24) is 5.32 Å². The first-order valence-electron chi connectivity index (χ1n) is 4.74. The molecule has 0 amide bonds. The lowest BCUT2D eigenvalue weighted by molar-refractivity contribution is 0.161. The highest BCUT2D eigenvalue weighted by atomic mass is 15.3. The van der Waals surface area contributed by atoms with Gasteiger partial charge in [-0.1, -0.05) is 5.22 Å². The monoisotopic (exact) mass is 184 g/mol. The van der Waals surface area contributed by atoms with Gasteiger partial charge in [0.25, 0.3) is 0 Å². The van der Waals surface area contributed by atoms with Crippen molar-refractivity contribution in [3.8, 4) is 0 Å². The second-order valence-corrected chi connectivity index (χ2v) is 5.19. The van der Waals surface area contributed by atoms with Crippen molar-refractivity contribution in [2.24, 2.45) is 16.2 Å². The van der Waals surface area contributed by atoms with E-state index in [2.05, 4.69) is 43.3 Å². The van der Waals surface area contributed by atoms with Crippen LogP contribution in [0, 0.1) is 0 Å². The van der Waals surface area contributed by atoms with Crippen LogP contribution in [0.2, 0.25) is 0 Å².